The highest BCUT2D eigenvalue weighted by Crippen LogP contribution is 2.32. The van der Waals surface area contributed by atoms with Crippen LogP contribution in [0.2, 0.25) is 0 Å². The second-order valence-electron chi connectivity index (χ2n) is 6.25. The highest BCUT2D eigenvalue weighted by atomic mass is 32.2. The standard InChI is InChI=1S/C19H19N3O4S/c1-25-17-6-5-15(11-18(17)26-2)27(23,24)22-9-7-16-14(12-22)10-13-4-3-8-20-19(13)21-16/h3-6,8,10-11H,7,9,12H2,1-2H3. The van der Waals surface area contributed by atoms with Crippen LogP contribution in [0, 0.1) is 0 Å². The van der Waals surface area contributed by atoms with E-state index < -0.39 is 10.0 Å². The van der Waals surface area contributed by atoms with Gasteiger partial charge in [-0.1, -0.05) is 0 Å². The van der Waals surface area contributed by atoms with Crippen molar-refractivity contribution in [2.45, 2.75) is 17.9 Å². The minimum Gasteiger partial charge on any atom is -0.493 e. The lowest BCUT2D eigenvalue weighted by molar-refractivity contribution is 0.353. The molecule has 0 saturated heterocycles. The Labute approximate surface area is 157 Å². The average molecular weight is 385 g/mol. The van der Waals surface area contributed by atoms with Gasteiger partial charge in [0.15, 0.2) is 17.1 Å². The minimum absolute atomic E-state index is 0.180. The number of methoxy groups -OCH3 is 2. The van der Waals surface area contributed by atoms with Crippen LogP contribution < -0.4 is 9.47 Å². The predicted octanol–water partition coefficient (Wildman–Crippen LogP) is 2.39. The quantitative estimate of drug-likeness (QED) is 0.686. The average Bonchev–Trinajstić information content (AvgIpc) is 2.71. The van der Waals surface area contributed by atoms with E-state index in [2.05, 4.69) is 9.97 Å². The minimum atomic E-state index is -3.66. The first-order valence-electron chi connectivity index (χ1n) is 8.48. The van der Waals surface area contributed by atoms with Crippen molar-refractivity contribution >= 4 is 21.1 Å². The largest absolute Gasteiger partial charge is 0.493 e. The third-order valence-corrected chi connectivity index (χ3v) is 6.54. The van der Waals surface area contributed by atoms with Crippen LogP contribution in [0.25, 0.3) is 11.0 Å². The van der Waals surface area contributed by atoms with Crippen LogP contribution in [0.3, 0.4) is 0 Å². The van der Waals surface area contributed by atoms with Crippen LogP contribution in [0.4, 0.5) is 0 Å². The molecule has 0 unspecified atom stereocenters. The normalized spacial score (nSPS) is 14.7. The molecule has 27 heavy (non-hydrogen) atoms. The van der Waals surface area contributed by atoms with E-state index in [1.54, 1.807) is 12.3 Å². The molecule has 0 aliphatic carbocycles. The third kappa shape index (κ3) is 3.11. The number of hydrogen-bond donors (Lipinski definition) is 0. The molecule has 0 spiro atoms. The van der Waals surface area contributed by atoms with Crippen LogP contribution in [-0.2, 0) is 23.0 Å². The van der Waals surface area contributed by atoms with E-state index in [1.807, 2.05) is 18.2 Å². The molecule has 4 rings (SSSR count). The SMILES string of the molecule is COc1ccc(S(=O)(=O)N2CCc3nc4ncccc4cc3C2)cc1OC. The highest BCUT2D eigenvalue weighted by molar-refractivity contribution is 7.89. The van der Waals surface area contributed by atoms with Gasteiger partial charge in [-0.3, -0.25) is 0 Å². The first-order chi connectivity index (χ1) is 13.0. The van der Waals surface area contributed by atoms with Gasteiger partial charge < -0.3 is 9.47 Å². The monoisotopic (exact) mass is 385 g/mol. The van der Waals surface area contributed by atoms with E-state index in [4.69, 9.17) is 9.47 Å². The maximum Gasteiger partial charge on any atom is 0.243 e. The van der Waals surface area contributed by atoms with Crippen molar-refractivity contribution in [3.8, 4) is 11.5 Å². The Morgan fingerprint density at radius 1 is 1.07 bits per heavy atom. The van der Waals surface area contributed by atoms with Gasteiger partial charge in [0.1, 0.15) is 0 Å². The summed E-state index contributed by atoms with van der Waals surface area (Å²) in [6, 6.07) is 10.4. The molecule has 0 radical (unpaired) electrons. The summed E-state index contributed by atoms with van der Waals surface area (Å²) in [7, 11) is -0.665. The molecule has 1 aromatic carbocycles. The Balaban J connectivity index is 1.69. The number of sulfonamides is 1. The van der Waals surface area contributed by atoms with Crippen LogP contribution in [0.1, 0.15) is 11.3 Å². The van der Waals surface area contributed by atoms with E-state index in [-0.39, 0.29) is 11.4 Å². The fraction of sp³-hybridized carbons (Fsp3) is 0.263. The zero-order chi connectivity index (χ0) is 19.0. The van der Waals surface area contributed by atoms with Gasteiger partial charge in [-0.2, -0.15) is 4.31 Å². The Hall–Kier alpha value is -2.71. The van der Waals surface area contributed by atoms with Gasteiger partial charge >= 0.3 is 0 Å². The number of pyridine rings is 2. The summed E-state index contributed by atoms with van der Waals surface area (Å²) in [4.78, 5) is 9.04. The zero-order valence-corrected chi connectivity index (χ0v) is 15.9. The second kappa shape index (κ2) is 6.79. The van der Waals surface area contributed by atoms with E-state index in [9.17, 15) is 8.42 Å². The number of aromatic nitrogens is 2. The Kier molecular flexibility index (Phi) is 4.45. The van der Waals surface area contributed by atoms with Crippen molar-refractivity contribution in [2.24, 2.45) is 0 Å². The summed E-state index contributed by atoms with van der Waals surface area (Å²) >= 11 is 0. The molecular formula is C19H19N3O4S. The maximum absolute atomic E-state index is 13.1. The summed E-state index contributed by atoms with van der Waals surface area (Å²) < 4.78 is 38.2. The van der Waals surface area contributed by atoms with E-state index in [0.29, 0.717) is 30.1 Å². The fourth-order valence-electron chi connectivity index (χ4n) is 3.27. The first-order valence-corrected chi connectivity index (χ1v) is 9.92. The van der Waals surface area contributed by atoms with Crippen LogP contribution in [-0.4, -0.2) is 43.5 Å². The first kappa shape index (κ1) is 17.7. The molecule has 1 aliphatic heterocycles. The smallest absolute Gasteiger partial charge is 0.243 e. The Bertz CT molecular complexity index is 1120. The number of benzene rings is 1. The van der Waals surface area contributed by atoms with Crippen molar-refractivity contribution in [3.63, 3.8) is 0 Å². The molecule has 2 aromatic heterocycles. The number of nitrogens with zero attached hydrogens (tertiary/aromatic N) is 3. The van der Waals surface area contributed by atoms with Gasteiger partial charge in [-0.15, -0.1) is 0 Å². The molecule has 0 N–H and O–H groups in total. The molecule has 1 aliphatic rings. The summed E-state index contributed by atoms with van der Waals surface area (Å²) in [5.41, 5.74) is 2.50. The summed E-state index contributed by atoms with van der Waals surface area (Å²) in [6.07, 6.45) is 2.26. The summed E-state index contributed by atoms with van der Waals surface area (Å²) in [5.74, 6) is 0.873. The molecule has 0 atom stereocenters. The topological polar surface area (TPSA) is 81.6 Å². The second-order valence-corrected chi connectivity index (χ2v) is 8.19. The predicted molar refractivity (Wildman–Crippen MR) is 100 cm³/mol. The lowest BCUT2D eigenvalue weighted by Crippen LogP contribution is -2.36. The Morgan fingerprint density at radius 2 is 1.89 bits per heavy atom. The van der Waals surface area contributed by atoms with Crippen molar-refractivity contribution in [1.29, 1.82) is 0 Å². The molecule has 0 amide bonds. The van der Waals surface area contributed by atoms with E-state index >= 15 is 0 Å². The molecular weight excluding hydrogens is 366 g/mol. The number of rotatable bonds is 4. The van der Waals surface area contributed by atoms with E-state index in [1.165, 1.54) is 30.7 Å². The molecule has 8 heteroatoms. The zero-order valence-electron chi connectivity index (χ0n) is 15.0. The molecule has 0 fully saturated rings. The summed E-state index contributed by atoms with van der Waals surface area (Å²) in [6.45, 7) is 0.652. The van der Waals surface area contributed by atoms with Crippen molar-refractivity contribution in [3.05, 3.63) is 53.9 Å². The third-order valence-electron chi connectivity index (χ3n) is 4.70. The number of fused-ring (bicyclic) bond motifs is 2. The highest BCUT2D eigenvalue weighted by Gasteiger charge is 2.30. The number of hydrogen-bond acceptors (Lipinski definition) is 6. The molecule has 0 saturated carbocycles. The van der Waals surface area contributed by atoms with Crippen LogP contribution in [0.5, 0.6) is 11.5 Å². The molecule has 3 heterocycles. The molecule has 3 aromatic rings. The lowest BCUT2D eigenvalue weighted by atomic mass is 10.1. The van der Waals surface area contributed by atoms with Crippen molar-refractivity contribution in [2.75, 3.05) is 20.8 Å². The van der Waals surface area contributed by atoms with Gasteiger partial charge in [0, 0.05) is 42.9 Å². The summed E-state index contributed by atoms with van der Waals surface area (Å²) in [5, 5.41) is 0.904. The van der Waals surface area contributed by atoms with E-state index in [0.717, 1.165) is 16.6 Å². The van der Waals surface area contributed by atoms with Crippen molar-refractivity contribution < 1.29 is 17.9 Å². The molecule has 7 nitrogen and oxygen atoms in total. The van der Waals surface area contributed by atoms with Gasteiger partial charge in [0.25, 0.3) is 0 Å². The molecule has 0 bridgehead atoms. The fourth-order valence-corrected chi connectivity index (χ4v) is 4.71. The van der Waals surface area contributed by atoms with Gasteiger partial charge in [-0.05, 0) is 35.9 Å². The van der Waals surface area contributed by atoms with Gasteiger partial charge in [0.05, 0.1) is 19.1 Å². The van der Waals surface area contributed by atoms with Gasteiger partial charge in [-0.25, -0.2) is 18.4 Å². The number of ether oxygens (including phenoxy) is 2. The van der Waals surface area contributed by atoms with Crippen LogP contribution in [0.15, 0.2) is 47.5 Å². The van der Waals surface area contributed by atoms with Crippen molar-refractivity contribution in [1.82, 2.24) is 14.3 Å². The Morgan fingerprint density at radius 3 is 2.67 bits per heavy atom. The van der Waals surface area contributed by atoms with Crippen LogP contribution >= 0.6 is 0 Å². The lowest BCUT2D eigenvalue weighted by Gasteiger charge is -2.28. The molecule has 140 valence electrons. The van der Waals surface area contributed by atoms with Gasteiger partial charge in [0.2, 0.25) is 10.0 Å². The maximum atomic E-state index is 13.1.